The van der Waals surface area contributed by atoms with Gasteiger partial charge in [0.1, 0.15) is 7.80 Å². The van der Waals surface area contributed by atoms with E-state index in [0.29, 0.717) is 5.66 Å². The van der Waals surface area contributed by atoms with Crippen LogP contribution in [0.2, 0.25) is 0 Å². The van der Waals surface area contributed by atoms with E-state index in [4.69, 9.17) is 0 Å². The minimum Gasteiger partial charge on any atom is -0.282 e. The van der Waals surface area contributed by atoms with Gasteiger partial charge in [-0.3, -0.25) is 4.57 Å². The summed E-state index contributed by atoms with van der Waals surface area (Å²) in [7, 11) is -1.17. The predicted molar refractivity (Wildman–Crippen MR) is 69.9 cm³/mol. The topological polar surface area (TPSA) is 17.1 Å². The van der Waals surface area contributed by atoms with Crippen LogP contribution in [0.3, 0.4) is 0 Å². The van der Waals surface area contributed by atoms with Gasteiger partial charge in [-0.25, -0.2) is 0 Å². The maximum Gasteiger partial charge on any atom is 0.107 e. The molecule has 16 heavy (non-hydrogen) atoms. The standard InChI is InChI=1S/C14H20OP/c1-2-12-8-6-7-11-14(12)16(15)13-9-4-3-5-10-13/h6-8,11,13H,2-5,9-10H2,1H3. The lowest BCUT2D eigenvalue weighted by Gasteiger charge is -2.21. The van der Waals surface area contributed by atoms with E-state index < -0.39 is 7.80 Å². The van der Waals surface area contributed by atoms with Crippen molar-refractivity contribution < 1.29 is 4.57 Å². The molecule has 87 valence electrons. The summed E-state index contributed by atoms with van der Waals surface area (Å²) in [5, 5.41) is 1.12. The van der Waals surface area contributed by atoms with Crippen molar-refractivity contribution in [2.24, 2.45) is 0 Å². The molecule has 1 aromatic rings. The quantitative estimate of drug-likeness (QED) is 0.723. The van der Waals surface area contributed by atoms with Crippen molar-refractivity contribution in [3.8, 4) is 0 Å². The molecule has 0 N–H and O–H groups in total. The van der Waals surface area contributed by atoms with Crippen LogP contribution in [0.1, 0.15) is 44.6 Å². The molecule has 1 nitrogen and oxygen atoms in total. The zero-order chi connectivity index (χ0) is 11.4. The average molecular weight is 235 g/mol. The highest BCUT2D eigenvalue weighted by atomic mass is 31.1. The average Bonchev–Trinajstić information content (AvgIpc) is 2.39. The second kappa shape index (κ2) is 5.59. The van der Waals surface area contributed by atoms with Crippen LogP contribution >= 0.6 is 7.80 Å². The molecule has 1 atom stereocenters. The molecule has 0 aromatic heterocycles. The van der Waals surface area contributed by atoms with Crippen molar-refractivity contribution in [1.29, 1.82) is 0 Å². The molecule has 2 heteroatoms. The zero-order valence-electron chi connectivity index (χ0n) is 9.98. The minimum atomic E-state index is -1.17. The minimum absolute atomic E-state index is 0.441. The fraction of sp³-hybridized carbons (Fsp3) is 0.571. The molecule has 1 saturated carbocycles. The molecule has 1 aliphatic rings. The van der Waals surface area contributed by atoms with Crippen molar-refractivity contribution >= 4 is 13.1 Å². The Balaban J connectivity index is 2.19. The Bertz CT molecular complexity index is 367. The van der Waals surface area contributed by atoms with Gasteiger partial charge in [0.15, 0.2) is 0 Å². The SMILES string of the molecule is CCc1ccccc1[P](=O)C1CCCCC1. The van der Waals surface area contributed by atoms with Gasteiger partial charge < -0.3 is 0 Å². The number of aryl methyl sites for hydroxylation is 1. The van der Waals surface area contributed by atoms with E-state index >= 15 is 0 Å². The first-order valence-electron chi connectivity index (χ1n) is 6.37. The molecule has 0 bridgehead atoms. The number of rotatable bonds is 3. The maximum absolute atomic E-state index is 12.5. The van der Waals surface area contributed by atoms with Crippen LogP contribution in [-0.4, -0.2) is 5.66 Å². The largest absolute Gasteiger partial charge is 0.282 e. The summed E-state index contributed by atoms with van der Waals surface area (Å²) in [5.41, 5.74) is 1.71. The first-order chi connectivity index (χ1) is 7.83. The Morgan fingerprint density at radius 1 is 1.19 bits per heavy atom. The van der Waals surface area contributed by atoms with E-state index in [1.54, 1.807) is 0 Å². The fourth-order valence-corrected chi connectivity index (χ4v) is 4.51. The highest BCUT2D eigenvalue weighted by Gasteiger charge is 2.22. The van der Waals surface area contributed by atoms with E-state index in [2.05, 4.69) is 19.1 Å². The lowest BCUT2D eigenvalue weighted by atomic mass is 10.0. The van der Waals surface area contributed by atoms with Gasteiger partial charge >= 0.3 is 0 Å². The lowest BCUT2D eigenvalue weighted by Crippen LogP contribution is -2.15. The maximum atomic E-state index is 12.5. The summed E-state index contributed by atoms with van der Waals surface area (Å²) >= 11 is 0. The Hall–Kier alpha value is -0.680. The lowest BCUT2D eigenvalue weighted by molar-refractivity contribution is 0.494. The van der Waals surface area contributed by atoms with Crippen molar-refractivity contribution in [3.63, 3.8) is 0 Å². The number of benzene rings is 1. The summed E-state index contributed by atoms with van der Waals surface area (Å²) < 4.78 is 12.5. The van der Waals surface area contributed by atoms with E-state index in [-0.39, 0.29) is 0 Å². The van der Waals surface area contributed by atoms with Gasteiger partial charge in [0, 0.05) is 11.0 Å². The summed E-state index contributed by atoms with van der Waals surface area (Å²) in [4.78, 5) is 0. The highest BCUT2D eigenvalue weighted by molar-refractivity contribution is 7.54. The van der Waals surface area contributed by atoms with Crippen LogP contribution in [0.5, 0.6) is 0 Å². The third kappa shape index (κ3) is 2.52. The Morgan fingerprint density at radius 3 is 2.56 bits per heavy atom. The zero-order valence-corrected chi connectivity index (χ0v) is 10.9. The molecule has 0 aliphatic heterocycles. The third-order valence-electron chi connectivity index (χ3n) is 3.52. The fourth-order valence-electron chi connectivity index (χ4n) is 2.54. The van der Waals surface area contributed by atoms with Crippen LogP contribution < -0.4 is 5.30 Å². The van der Waals surface area contributed by atoms with Crippen LogP contribution in [0.15, 0.2) is 24.3 Å². The Morgan fingerprint density at radius 2 is 1.88 bits per heavy atom. The monoisotopic (exact) mass is 235 g/mol. The van der Waals surface area contributed by atoms with E-state index in [1.807, 2.05) is 12.1 Å². The smallest absolute Gasteiger partial charge is 0.107 e. The van der Waals surface area contributed by atoms with Crippen molar-refractivity contribution in [3.05, 3.63) is 29.8 Å². The van der Waals surface area contributed by atoms with Crippen molar-refractivity contribution in [2.45, 2.75) is 51.1 Å². The summed E-state index contributed by atoms with van der Waals surface area (Å²) in [6, 6.07) is 8.24. The second-order valence-electron chi connectivity index (χ2n) is 4.60. The molecule has 1 radical (unpaired) electrons. The third-order valence-corrected chi connectivity index (χ3v) is 5.61. The van der Waals surface area contributed by atoms with Crippen LogP contribution in [0.25, 0.3) is 0 Å². The second-order valence-corrected chi connectivity index (χ2v) is 6.46. The van der Waals surface area contributed by atoms with Crippen molar-refractivity contribution in [2.75, 3.05) is 0 Å². The van der Waals surface area contributed by atoms with Gasteiger partial charge in [0.2, 0.25) is 0 Å². The van der Waals surface area contributed by atoms with Crippen LogP contribution in [0, 0.1) is 0 Å². The number of hydrogen-bond acceptors (Lipinski definition) is 1. The van der Waals surface area contributed by atoms with E-state index in [9.17, 15) is 4.57 Å². The van der Waals surface area contributed by atoms with Gasteiger partial charge in [0.25, 0.3) is 0 Å². The molecule has 1 unspecified atom stereocenters. The summed E-state index contributed by atoms with van der Waals surface area (Å²) in [5.74, 6) is 0. The Kier molecular flexibility index (Phi) is 4.12. The molecule has 2 rings (SSSR count). The first kappa shape index (κ1) is 11.8. The highest BCUT2D eigenvalue weighted by Crippen LogP contribution is 2.38. The van der Waals surface area contributed by atoms with Gasteiger partial charge in [-0.15, -0.1) is 0 Å². The van der Waals surface area contributed by atoms with Gasteiger partial charge in [-0.2, -0.15) is 0 Å². The van der Waals surface area contributed by atoms with Gasteiger partial charge in [0.05, 0.1) is 0 Å². The predicted octanol–water partition coefficient (Wildman–Crippen LogP) is 4.03. The van der Waals surface area contributed by atoms with Crippen molar-refractivity contribution in [1.82, 2.24) is 0 Å². The molecule has 1 aliphatic carbocycles. The van der Waals surface area contributed by atoms with Gasteiger partial charge in [-0.05, 0) is 30.9 Å². The molecule has 0 heterocycles. The molecular formula is C14H20OP. The molecule has 0 saturated heterocycles. The Labute approximate surface area is 99.0 Å². The van der Waals surface area contributed by atoms with Crippen LogP contribution in [-0.2, 0) is 11.0 Å². The first-order valence-corrected chi connectivity index (χ1v) is 7.70. The molecule has 0 spiro atoms. The molecule has 1 fully saturated rings. The summed E-state index contributed by atoms with van der Waals surface area (Å²) in [6.07, 6.45) is 7.17. The molecular weight excluding hydrogens is 215 g/mol. The number of hydrogen-bond donors (Lipinski definition) is 0. The summed E-state index contributed by atoms with van der Waals surface area (Å²) in [6.45, 7) is 2.14. The molecule has 1 aromatic carbocycles. The van der Waals surface area contributed by atoms with E-state index in [1.165, 1.54) is 24.8 Å². The molecule has 0 amide bonds. The van der Waals surface area contributed by atoms with Crippen LogP contribution in [0.4, 0.5) is 0 Å². The van der Waals surface area contributed by atoms with Gasteiger partial charge in [-0.1, -0.05) is 44.4 Å². The van der Waals surface area contributed by atoms with E-state index in [0.717, 1.165) is 24.6 Å². The normalized spacial score (nSPS) is 18.4.